The van der Waals surface area contributed by atoms with Crippen LogP contribution in [0.15, 0.2) is 42.5 Å². The lowest BCUT2D eigenvalue weighted by molar-refractivity contribution is 0.0440. The Labute approximate surface area is 168 Å². The first-order valence-electron chi connectivity index (χ1n) is 10.0. The van der Waals surface area contributed by atoms with Crippen molar-refractivity contribution in [3.63, 3.8) is 0 Å². The molecule has 0 aromatic heterocycles. The van der Waals surface area contributed by atoms with Gasteiger partial charge >= 0.3 is 0 Å². The van der Waals surface area contributed by atoms with Crippen LogP contribution in [-0.2, 0) is 17.8 Å². The van der Waals surface area contributed by atoms with Gasteiger partial charge in [-0.15, -0.1) is 0 Å². The Morgan fingerprint density at radius 2 is 1.75 bits per heavy atom. The van der Waals surface area contributed by atoms with Gasteiger partial charge in [0.1, 0.15) is 0 Å². The molecule has 0 aliphatic rings. The van der Waals surface area contributed by atoms with Crippen molar-refractivity contribution in [2.45, 2.75) is 58.6 Å². The number of benzene rings is 2. The Morgan fingerprint density at radius 3 is 2.36 bits per heavy atom. The molecule has 0 spiro atoms. The second-order valence-electron chi connectivity index (χ2n) is 7.76. The largest absolute Gasteiger partial charge is 0.394 e. The summed E-state index contributed by atoms with van der Waals surface area (Å²) in [6.07, 6.45) is 2.97. The summed E-state index contributed by atoms with van der Waals surface area (Å²) in [5.74, 6) is 0.170. The van der Waals surface area contributed by atoms with E-state index in [0.29, 0.717) is 26.1 Å². The van der Waals surface area contributed by atoms with Gasteiger partial charge in [-0.2, -0.15) is 0 Å². The summed E-state index contributed by atoms with van der Waals surface area (Å²) in [6, 6.07) is 14.0. The number of carbonyl (C=O) groups is 1. The number of aliphatic hydroxyl groups is 1. The highest BCUT2D eigenvalue weighted by atomic mass is 16.5. The maximum absolute atomic E-state index is 12.4. The Hall–Kier alpha value is -2.01. The predicted octanol–water partition coefficient (Wildman–Crippen LogP) is 4.13. The zero-order valence-electron chi connectivity index (χ0n) is 17.3. The van der Waals surface area contributed by atoms with E-state index in [1.165, 1.54) is 16.7 Å². The third-order valence-electron chi connectivity index (χ3n) is 5.39. The molecule has 28 heavy (non-hydrogen) atoms. The molecule has 1 unspecified atom stereocenters. The Morgan fingerprint density at radius 1 is 1.07 bits per heavy atom. The van der Waals surface area contributed by atoms with Crippen molar-refractivity contribution in [1.82, 2.24) is 0 Å². The van der Waals surface area contributed by atoms with E-state index in [0.717, 1.165) is 24.0 Å². The van der Waals surface area contributed by atoms with Gasteiger partial charge in [0, 0.05) is 12.0 Å². The number of nitrogens with two attached hydrogens (primary N) is 1. The van der Waals surface area contributed by atoms with Gasteiger partial charge in [-0.05, 0) is 55.4 Å². The van der Waals surface area contributed by atoms with Crippen molar-refractivity contribution in [2.75, 3.05) is 13.2 Å². The fraction of sp³-hybridized carbons (Fsp3) is 0.458. The lowest BCUT2D eigenvalue weighted by Crippen LogP contribution is -2.47. The second kappa shape index (κ2) is 10.5. The van der Waals surface area contributed by atoms with Crippen LogP contribution in [0.4, 0.5) is 0 Å². The van der Waals surface area contributed by atoms with E-state index in [4.69, 9.17) is 10.5 Å². The Balaban J connectivity index is 1.78. The molecule has 0 radical (unpaired) electrons. The van der Waals surface area contributed by atoms with Crippen LogP contribution >= 0.6 is 0 Å². The van der Waals surface area contributed by atoms with Gasteiger partial charge in [0.05, 0.1) is 25.4 Å². The van der Waals surface area contributed by atoms with E-state index < -0.39 is 5.54 Å². The molecule has 0 amide bonds. The minimum atomic E-state index is -0.689. The van der Waals surface area contributed by atoms with Crippen molar-refractivity contribution in [3.05, 3.63) is 70.3 Å². The first-order chi connectivity index (χ1) is 13.4. The molecule has 0 saturated heterocycles. The molecule has 0 bridgehead atoms. The van der Waals surface area contributed by atoms with Crippen molar-refractivity contribution in [3.8, 4) is 0 Å². The molecular formula is C24H33NO3. The summed E-state index contributed by atoms with van der Waals surface area (Å²) in [4.78, 5) is 12.4. The number of ether oxygens (including phenoxy) is 1. The SMILES string of the molecule is CCC(N)(CO)COCc1ccc(C(=O)CCCc2ccc(C)c(C)c2)cc1. The van der Waals surface area contributed by atoms with Gasteiger partial charge < -0.3 is 15.6 Å². The molecule has 0 fully saturated rings. The molecule has 0 aliphatic carbocycles. The maximum Gasteiger partial charge on any atom is 0.162 e. The highest BCUT2D eigenvalue weighted by molar-refractivity contribution is 5.96. The number of hydrogen-bond donors (Lipinski definition) is 2. The van der Waals surface area contributed by atoms with Crippen LogP contribution in [0, 0.1) is 13.8 Å². The standard InChI is InChI=1S/C24H33NO3/c1-4-24(25,16-26)17-28-15-21-10-12-22(13-11-21)23(27)7-5-6-20-9-8-18(2)19(3)14-20/h8-14,26H,4-7,15-17,25H2,1-3H3. The highest BCUT2D eigenvalue weighted by Gasteiger charge is 2.21. The summed E-state index contributed by atoms with van der Waals surface area (Å²) in [7, 11) is 0. The van der Waals surface area contributed by atoms with E-state index >= 15 is 0 Å². The number of ketones is 1. The molecule has 0 saturated carbocycles. The first-order valence-corrected chi connectivity index (χ1v) is 10.0. The third-order valence-corrected chi connectivity index (χ3v) is 5.39. The molecule has 0 aliphatic heterocycles. The average molecular weight is 384 g/mol. The topological polar surface area (TPSA) is 72.6 Å². The normalized spacial score (nSPS) is 13.3. The minimum Gasteiger partial charge on any atom is -0.394 e. The molecular weight excluding hydrogens is 350 g/mol. The maximum atomic E-state index is 12.4. The van der Waals surface area contributed by atoms with Gasteiger partial charge in [0.15, 0.2) is 5.78 Å². The number of aryl methyl sites for hydroxylation is 3. The number of hydrogen-bond acceptors (Lipinski definition) is 4. The van der Waals surface area contributed by atoms with Gasteiger partial charge in [0.25, 0.3) is 0 Å². The van der Waals surface area contributed by atoms with Crippen LogP contribution in [0.1, 0.15) is 58.8 Å². The Bertz CT molecular complexity index is 764. The molecule has 1 atom stereocenters. The molecule has 4 nitrogen and oxygen atoms in total. The summed E-state index contributed by atoms with van der Waals surface area (Å²) in [6.45, 7) is 6.79. The van der Waals surface area contributed by atoms with Crippen LogP contribution in [0.2, 0.25) is 0 Å². The zero-order chi connectivity index (χ0) is 20.6. The number of aliphatic hydroxyl groups excluding tert-OH is 1. The summed E-state index contributed by atoms with van der Waals surface area (Å²) < 4.78 is 5.63. The molecule has 2 aromatic rings. The average Bonchev–Trinajstić information content (AvgIpc) is 2.71. The fourth-order valence-electron chi connectivity index (χ4n) is 2.97. The molecule has 2 rings (SSSR count). The molecule has 0 heterocycles. The Kier molecular flexibility index (Phi) is 8.36. The van der Waals surface area contributed by atoms with E-state index in [1.807, 2.05) is 31.2 Å². The van der Waals surface area contributed by atoms with Crippen molar-refractivity contribution >= 4 is 5.78 Å². The lowest BCUT2D eigenvalue weighted by Gasteiger charge is -2.25. The van der Waals surface area contributed by atoms with Crippen LogP contribution < -0.4 is 5.73 Å². The van der Waals surface area contributed by atoms with E-state index in [-0.39, 0.29) is 12.4 Å². The predicted molar refractivity (Wildman–Crippen MR) is 114 cm³/mol. The minimum absolute atomic E-state index is 0.0981. The molecule has 2 aromatic carbocycles. The molecule has 152 valence electrons. The van der Waals surface area contributed by atoms with Crippen LogP contribution in [0.25, 0.3) is 0 Å². The lowest BCUT2D eigenvalue weighted by atomic mass is 9.99. The van der Waals surface area contributed by atoms with Crippen molar-refractivity contribution < 1.29 is 14.6 Å². The highest BCUT2D eigenvalue weighted by Crippen LogP contribution is 2.15. The van der Waals surface area contributed by atoms with E-state index in [1.54, 1.807) is 0 Å². The van der Waals surface area contributed by atoms with Gasteiger partial charge in [-0.3, -0.25) is 4.79 Å². The van der Waals surface area contributed by atoms with E-state index in [2.05, 4.69) is 32.0 Å². The monoisotopic (exact) mass is 383 g/mol. The quantitative estimate of drug-likeness (QED) is 0.572. The first kappa shape index (κ1) is 22.3. The van der Waals surface area contributed by atoms with Gasteiger partial charge in [-0.25, -0.2) is 0 Å². The summed E-state index contributed by atoms with van der Waals surface area (Å²) >= 11 is 0. The van der Waals surface area contributed by atoms with Crippen molar-refractivity contribution in [2.24, 2.45) is 5.73 Å². The zero-order valence-corrected chi connectivity index (χ0v) is 17.3. The third kappa shape index (κ3) is 6.55. The summed E-state index contributed by atoms with van der Waals surface area (Å²) in [5, 5.41) is 9.31. The number of carbonyl (C=O) groups excluding carboxylic acids is 1. The number of Topliss-reactive ketones (excluding diaryl/α,β-unsaturated/α-hetero) is 1. The van der Waals surface area contributed by atoms with Crippen LogP contribution in [0.5, 0.6) is 0 Å². The van der Waals surface area contributed by atoms with Crippen LogP contribution in [0.3, 0.4) is 0 Å². The van der Waals surface area contributed by atoms with Gasteiger partial charge in [-0.1, -0.05) is 49.4 Å². The fourth-order valence-corrected chi connectivity index (χ4v) is 2.97. The van der Waals surface area contributed by atoms with E-state index in [9.17, 15) is 9.90 Å². The van der Waals surface area contributed by atoms with Gasteiger partial charge in [0.2, 0.25) is 0 Å². The molecule has 3 N–H and O–H groups in total. The van der Waals surface area contributed by atoms with Crippen molar-refractivity contribution in [1.29, 1.82) is 0 Å². The summed E-state index contributed by atoms with van der Waals surface area (Å²) in [5.41, 5.74) is 10.9. The molecule has 4 heteroatoms. The smallest absolute Gasteiger partial charge is 0.162 e. The number of rotatable bonds is 11. The second-order valence-corrected chi connectivity index (χ2v) is 7.76. The van der Waals surface area contributed by atoms with Crippen LogP contribution in [-0.4, -0.2) is 29.6 Å².